The molecule has 5 aromatic rings. The number of halogens is 2. The van der Waals surface area contributed by atoms with Gasteiger partial charge in [0.2, 0.25) is 0 Å². The van der Waals surface area contributed by atoms with Crippen LogP contribution in [-0.4, -0.2) is 30.3 Å². The maximum atomic E-state index is 13.4. The first kappa shape index (κ1) is 26.6. The van der Waals surface area contributed by atoms with Crippen LogP contribution < -0.4 is 10.1 Å². The summed E-state index contributed by atoms with van der Waals surface area (Å²) in [6, 6.07) is 26.0. The van der Waals surface area contributed by atoms with Crippen LogP contribution in [0.25, 0.3) is 22.0 Å². The van der Waals surface area contributed by atoms with Crippen molar-refractivity contribution in [2.24, 2.45) is 0 Å². The number of aromatic nitrogens is 2. The zero-order valence-electron chi connectivity index (χ0n) is 21.4. The third kappa shape index (κ3) is 6.89. The third-order valence-electron chi connectivity index (χ3n) is 6.07. The summed E-state index contributed by atoms with van der Waals surface area (Å²) in [4.78, 5) is 8.91. The number of ether oxygens (including phenoxy) is 3. The lowest BCUT2D eigenvalue weighted by Crippen LogP contribution is -2.01. The highest BCUT2D eigenvalue weighted by atomic mass is 35.5. The zero-order valence-corrected chi connectivity index (χ0v) is 22.1. The van der Waals surface area contributed by atoms with Gasteiger partial charge < -0.3 is 19.5 Å². The van der Waals surface area contributed by atoms with Crippen LogP contribution in [0, 0.1) is 5.82 Å². The Kier molecular flexibility index (Phi) is 8.63. The highest BCUT2D eigenvalue weighted by molar-refractivity contribution is 6.32. The van der Waals surface area contributed by atoms with E-state index in [1.807, 2.05) is 30.3 Å². The van der Waals surface area contributed by atoms with Crippen LogP contribution in [0.15, 0.2) is 91.3 Å². The molecule has 39 heavy (non-hydrogen) atoms. The first-order chi connectivity index (χ1) is 19.1. The Labute approximate surface area is 231 Å². The van der Waals surface area contributed by atoms with Crippen LogP contribution in [0.4, 0.5) is 15.9 Å². The second-order valence-corrected chi connectivity index (χ2v) is 9.30. The second kappa shape index (κ2) is 12.7. The fourth-order valence-electron chi connectivity index (χ4n) is 4.13. The number of rotatable bonds is 11. The molecule has 0 amide bonds. The zero-order chi connectivity index (χ0) is 27.0. The Morgan fingerprint density at radius 3 is 2.46 bits per heavy atom. The quantitative estimate of drug-likeness (QED) is 0.173. The number of methoxy groups -OCH3 is 1. The molecule has 0 atom stereocenters. The number of hydrogen-bond donors (Lipinski definition) is 1. The van der Waals surface area contributed by atoms with Gasteiger partial charge in [0.25, 0.3) is 0 Å². The van der Waals surface area contributed by atoms with Gasteiger partial charge in [-0.05, 0) is 70.8 Å². The predicted molar refractivity (Wildman–Crippen MR) is 152 cm³/mol. The summed E-state index contributed by atoms with van der Waals surface area (Å²) in [5.41, 5.74) is 5.48. The molecule has 0 bridgehead atoms. The van der Waals surface area contributed by atoms with Gasteiger partial charge in [0.15, 0.2) is 0 Å². The molecule has 0 aliphatic rings. The number of anilines is 2. The van der Waals surface area contributed by atoms with Crippen LogP contribution in [0.5, 0.6) is 5.75 Å². The average Bonchev–Trinajstić information content (AvgIpc) is 2.95. The molecule has 0 spiro atoms. The molecule has 0 unspecified atom stereocenters. The van der Waals surface area contributed by atoms with E-state index in [2.05, 4.69) is 33.5 Å². The molecule has 1 aromatic heterocycles. The number of benzene rings is 4. The first-order valence-corrected chi connectivity index (χ1v) is 12.8. The Hall–Kier alpha value is -4.04. The van der Waals surface area contributed by atoms with Gasteiger partial charge in [-0.3, -0.25) is 0 Å². The third-order valence-corrected chi connectivity index (χ3v) is 6.37. The van der Waals surface area contributed by atoms with E-state index in [9.17, 15) is 4.39 Å². The van der Waals surface area contributed by atoms with Crippen molar-refractivity contribution in [1.29, 1.82) is 0 Å². The largest absolute Gasteiger partial charge is 0.487 e. The van der Waals surface area contributed by atoms with Gasteiger partial charge in [0, 0.05) is 18.2 Å². The van der Waals surface area contributed by atoms with Crippen molar-refractivity contribution in [3.8, 4) is 16.9 Å². The van der Waals surface area contributed by atoms with Crippen molar-refractivity contribution in [2.45, 2.75) is 13.2 Å². The maximum Gasteiger partial charge on any atom is 0.141 e. The molecule has 0 fully saturated rings. The van der Waals surface area contributed by atoms with E-state index in [4.69, 9.17) is 25.8 Å². The first-order valence-electron chi connectivity index (χ1n) is 12.4. The minimum atomic E-state index is -0.304. The molecule has 0 aliphatic heterocycles. The molecule has 0 saturated heterocycles. The van der Waals surface area contributed by atoms with Gasteiger partial charge in [-0.1, -0.05) is 48.0 Å². The van der Waals surface area contributed by atoms with E-state index in [-0.39, 0.29) is 12.4 Å². The topological polar surface area (TPSA) is 65.5 Å². The van der Waals surface area contributed by atoms with Crippen molar-refractivity contribution in [1.82, 2.24) is 9.97 Å². The van der Waals surface area contributed by atoms with E-state index >= 15 is 0 Å². The molecule has 4 aromatic carbocycles. The van der Waals surface area contributed by atoms with Gasteiger partial charge in [-0.2, -0.15) is 0 Å². The SMILES string of the molecule is COCCOCc1cccc(-c2ccc3ncnc(Nc4ccc(OCc5cccc(F)c5)c(Cl)c4)c3c2)c1. The molecule has 1 heterocycles. The second-order valence-electron chi connectivity index (χ2n) is 8.89. The Balaban J connectivity index is 1.33. The molecular formula is C31H27ClFN3O3. The molecule has 1 N–H and O–H groups in total. The molecule has 198 valence electrons. The van der Waals surface area contributed by atoms with Gasteiger partial charge >= 0.3 is 0 Å². The summed E-state index contributed by atoms with van der Waals surface area (Å²) in [5.74, 6) is 0.861. The molecule has 0 aliphatic carbocycles. The van der Waals surface area contributed by atoms with Crippen LogP contribution in [0.1, 0.15) is 11.1 Å². The average molecular weight is 544 g/mol. The van der Waals surface area contributed by atoms with Crippen molar-refractivity contribution < 1.29 is 18.6 Å². The molecule has 0 saturated carbocycles. The lowest BCUT2D eigenvalue weighted by molar-refractivity contribution is 0.0617. The Bertz CT molecular complexity index is 1580. The Morgan fingerprint density at radius 2 is 1.64 bits per heavy atom. The molecule has 8 heteroatoms. The molecule has 5 rings (SSSR count). The standard InChI is InChI=1S/C31H27ClFN3O3/c1-37-12-13-38-18-21-4-2-6-23(14-21)24-8-10-29-27(16-24)31(35-20-34-29)36-26-9-11-30(28(32)17-26)39-19-22-5-3-7-25(33)15-22/h2-11,14-17,20H,12-13,18-19H2,1H3,(H,34,35,36). The number of fused-ring (bicyclic) bond motifs is 1. The van der Waals surface area contributed by atoms with Crippen LogP contribution >= 0.6 is 11.6 Å². The minimum Gasteiger partial charge on any atom is -0.487 e. The summed E-state index contributed by atoms with van der Waals surface area (Å²) >= 11 is 6.50. The number of hydrogen-bond acceptors (Lipinski definition) is 6. The van der Waals surface area contributed by atoms with Gasteiger partial charge in [0.1, 0.15) is 30.3 Å². The summed E-state index contributed by atoms with van der Waals surface area (Å²) in [5, 5.41) is 4.66. The van der Waals surface area contributed by atoms with Crippen molar-refractivity contribution in [3.05, 3.63) is 113 Å². The highest BCUT2D eigenvalue weighted by Crippen LogP contribution is 2.32. The van der Waals surface area contributed by atoms with E-state index in [1.54, 1.807) is 31.4 Å². The normalized spacial score (nSPS) is 11.1. The maximum absolute atomic E-state index is 13.4. The lowest BCUT2D eigenvalue weighted by atomic mass is 10.0. The molecule has 0 radical (unpaired) electrons. The molecular weight excluding hydrogens is 517 g/mol. The fourth-order valence-corrected chi connectivity index (χ4v) is 4.36. The number of nitrogens with one attached hydrogen (secondary N) is 1. The monoisotopic (exact) mass is 543 g/mol. The van der Waals surface area contributed by atoms with E-state index in [1.165, 1.54) is 18.5 Å². The summed E-state index contributed by atoms with van der Waals surface area (Å²) in [6.07, 6.45) is 1.53. The smallest absolute Gasteiger partial charge is 0.141 e. The summed E-state index contributed by atoms with van der Waals surface area (Å²) in [7, 11) is 1.66. The van der Waals surface area contributed by atoms with Gasteiger partial charge in [-0.15, -0.1) is 0 Å². The van der Waals surface area contributed by atoms with Gasteiger partial charge in [-0.25, -0.2) is 14.4 Å². The fraction of sp³-hybridized carbons (Fsp3) is 0.161. The Morgan fingerprint density at radius 1 is 0.821 bits per heavy atom. The van der Waals surface area contributed by atoms with E-state index in [0.29, 0.717) is 36.4 Å². The summed E-state index contributed by atoms with van der Waals surface area (Å²) in [6.45, 7) is 1.84. The lowest BCUT2D eigenvalue weighted by Gasteiger charge is -2.13. The van der Waals surface area contributed by atoms with Crippen molar-refractivity contribution in [2.75, 3.05) is 25.6 Å². The van der Waals surface area contributed by atoms with Crippen molar-refractivity contribution in [3.63, 3.8) is 0 Å². The van der Waals surface area contributed by atoms with Crippen LogP contribution in [0.2, 0.25) is 5.02 Å². The summed E-state index contributed by atoms with van der Waals surface area (Å²) < 4.78 is 30.0. The molecule has 6 nitrogen and oxygen atoms in total. The van der Waals surface area contributed by atoms with E-state index in [0.717, 1.165) is 38.8 Å². The highest BCUT2D eigenvalue weighted by Gasteiger charge is 2.10. The van der Waals surface area contributed by atoms with Crippen LogP contribution in [0.3, 0.4) is 0 Å². The minimum absolute atomic E-state index is 0.212. The van der Waals surface area contributed by atoms with Gasteiger partial charge in [0.05, 0.1) is 30.4 Å². The predicted octanol–water partition coefficient (Wildman–Crippen LogP) is 7.57. The van der Waals surface area contributed by atoms with Crippen LogP contribution in [-0.2, 0) is 22.7 Å². The van der Waals surface area contributed by atoms with E-state index < -0.39 is 0 Å². The number of nitrogens with zero attached hydrogens (tertiary/aromatic N) is 2. The van der Waals surface area contributed by atoms with Crippen molar-refractivity contribution >= 4 is 34.0 Å².